The van der Waals surface area contributed by atoms with Crippen LogP contribution in [0.3, 0.4) is 0 Å². The normalized spacial score (nSPS) is 11.6. The number of anilines is 1. The summed E-state index contributed by atoms with van der Waals surface area (Å²) in [6.07, 6.45) is 1.82. The van der Waals surface area contributed by atoms with Gasteiger partial charge in [0.15, 0.2) is 0 Å². The highest BCUT2D eigenvalue weighted by Gasteiger charge is 2.13. The molecule has 0 aromatic heterocycles. The molecule has 0 fully saturated rings. The molecule has 0 aliphatic rings. The van der Waals surface area contributed by atoms with Crippen LogP contribution in [-0.4, -0.2) is 43.5 Å². The van der Waals surface area contributed by atoms with Gasteiger partial charge in [-0.2, -0.15) is 0 Å². The number of hydrogen-bond donors (Lipinski definition) is 1. The van der Waals surface area contributed by atoms with Crippen LogP contribution in [0.4, 0.5) is 11.4 Å². The zero-order valence-corrected chi connectivity index (χ0v) is 13.3. The quantitative estimate of drug-likeness (QED) is 0.450. The first-order valence-corrected chi connectivity index (χ1v) is 8.54. The van der Waals surface area contributed by atoms with Gasteiger partial charge in [-0.25, -0.2) is 12.7 Å². The molecule has 0 amide bonds. The van der Waals surface area contributed by atoms with E-state index in [1.807, 2.05) is 0 Å². The standard InChI is InChI=1S/C13H21N3O4S/c1-4-15(21(3,19)20)9-5-8-14-12-7-6-11(2)13(10-12)16(17)18/h6-7,10,14H,4-5,8-9H2,1-3H3. The van der Waals surface area contributed by atoms with Crippen molar-refractivity contribution in [2.75, 3.05) is 31.2 Å². The lowest BCUT2D eigenvalue weighted by molar-refractivity contribution is -0.385. The Balaban J connectivity index is 2.53. The van der Waals surface area contributed by atoms with Crippen LogP contribution in [-0.2, 0) is 10.0 Å². The van der Waals surface area contributed by atoms with Crippen molar-refractivity contribution in [3.8, 4) is 0 Å². The Bertz CT molecular complexity index is 601. The minimum absolute atomic E-state index is 0.0753. The molecule has 1 aromatic rings. The largest absolute Gasteiger partial charge is 0.385 e. The van der Waals surface area contributed by atoms with E-state index >= 15 is 0 Å². The lowest BCUT2D eigenvalue weighted by atomic mass is 10.2. The van der Waals surface area contributed by atoms with Gasteiger partial charge in [-0.05, 0) is 19.4 Å². The second-order valence-electron chi connectivity index (χ2n) is 4.79. The summed E-state index contributed by atoms with van der Waals surface area (Å²) in [4.78, 5) is 10.4. The fourth-order valence-electron chi connectivity index (χ4n) is 1.96. The number of hydrogen-bond acceptors (Lipinski definition) is 5. The molecule has 1 rings (SSSR count). The lowest BCUT2D eigenvalue weighted by Crippen LogP contribution is -2.31. The molecule has 0 heterocycles. The van der Waals surface area contributed by atoms with Gasteiger partial charge in [-0.1, -0.05) is 13.0 Å². The highest BCUT2D eigenvalue weighted by Crippen LogP contribution is 2.22. The van der Waals surface area contributed by atoms with Crippen molar-refractivity contribution in [1.29, 1.82) is 0 Å². The topological polar surface area (TPSA) is 92.5 Å². The van der Waals surface area contributed by atoms with Gasteiger partial charge in [0.2, 0.25) is 10.0 Å². The van der Waals surface area contributed by atoms with Crippen molar-refractivity contribution >= 4 is 21.4 Å². The average molecular weight is 315 g/mol. The van der Waals surface area contributed by atoms with Gasteiger partial charge in [0.05, 0.1) is 11.2 Å². The fraction of sp³-hybridized carbons (Fsp3) is 0.538. The summed E-state index contributed by atoms with van der Waals surface area (Å²) in [6, 6.07) is 4.95. The smallest absolute Gasteiger partial charge is 0.274 e. The molecule has 1 aromatic carbocycles. The minimum atomic E-state index is -3.17. The molecular formula is C13H21N3O4S. The second-order valence-corrected chi connectivity index (χ2v) is 6.78. The first kappa shape index (κ1) is 17.4. The number of sulfonamides is 1. The van der Waals surface area contributed by atoms with Crippen molar-refractivity contribution < 1.29 is 13.3 Å². The highest BCUT2D eigenvalue weighted by atomic mass is 32.2. The number of nitrogens with one attached hydrogen (secondary N) is 1. The first-order valence-electron chi connectivity index (χ1n) is 6.69. The van der Waals surface area contributed by atoms with Crippen molar-refractivity contribution in [3.63, 3.8) is 0 Å². The van der Waals surface area contributed by atoms with E-state index in [1.165, 1.54) is 16.6 Å². The molecule has 0 aliphatic heterocycles. The van der Waals surface area contributed by atoms with Gasteiger partial charge in [0.25, 0.3) is 5.69 Å². The number of aryl methyl sites for hydroxylation is 1. The monoisotopic (exact) mass is 315 g/mol. The molecule has 0 spiro atoms. The van der Waals surface area contributed by atoms with E-state index in [4.69, 9.17) is 0 Å². The molecule has 8 heteroatoms. The number of nitro benzene ring substituents is 1. The molecule has 0 saturated carbocycles. The predicted octanol–water partition coefficient (Wildman–Crippen LogP) is 1.99. The van der Waals surface area contributed by atoms with Crippen molar-refractivity contribution in [3.05, 3.63) is 33.9 Å². The third-order valence-corrected chi connectivity index (χ3v) is 4.52. The van der Waals surface area contributed by atoms with Gasteiger partial charge < -0.3 is 5.32 Å². The number of nitrogens with zero attached hydrogens (tertiary/aromatic N) is 2. The number of benzene rings is 1. The third-order valence-electron chi connectivity index (χ3n) is 3.14. The van der Waals surface area contributed by atoms with E-state index in [0.29, 0.717) is 37.3 Å². The van der Waals surface area contributed by atoms with Gasteiger partial charge in [0, 0.05) is 37.0 Å². The molecule has 0 atom stereocenters. The zero-order valence-electron chi connectivity index (χ0n) is 12.5. The molecule has 1 N–H and O–H groups in total. The molecule has 0 saturated heterocycles. The van der Waals surface area contributed by atoms with Gasteiger partial charge in [0.1, 0.15) is 0 Å². The summed E-state index contributed by atoms with van der Waals surface area (Å²) in [7, 11) is -3.17. The SMILES string of the molecule is CCN(CCCNc1ccc(C)c([N+](=O)[O-])c1)S(C)(=O)=O. The maximum Gasteiger partial charge on any atom is 0.274 e. The van der Waals surface area contributed by atoms with E-state index < -0.39 is 14.9 Å². The van der Waals surface area contributed by atoms with Crippen LogP contribution in [0.25, 0.3) is 0 Å². The second kappa shape index (κ2) is 7.37. The molecule has 0 radical (unpaired) electrons. The minimum Gasteiger partial charge on any atom is -0.385 e. The Morgan fingerprint density at radius 3 is 2.57 bits per heavy atom. The van der Waals surface area contributed by atoms with Crippen molar-refractivity contribution in [1.82, 2.24) is 4.31 Å². The summed E-state index contributed by atoms with van der Waals surface area (Å²) in [6.45, 7) is 4.89. The van der Waals surface area contributed by atoms with Crippen LogP contribution >= 0.6 is 0 Å². The Kier molecular flexibility index (Phi) is 6.10. The summed E-state index contributed by atoms with van der Waals surface area (Å²) in [5, 5.41) is 13.9. The summed E-state index contributed by atoms with van der Waals surface area (Å²) in [5.74, 6) is 0. The first-order chi connectivity index (χ1) is 9.75. The van der Waals surface area contributed by atoms with Gasteiger partial charge in [-0.3, -0.25) is 10.1 Å². The van der Waals surface area contributed by atoms with Gasteiger partial charge >= 0.3 is 0 Å². The Morgan fingerprint density at radius 1 is 1.38 bits per heavy atom. The van der Waals surface area contributed by atoms with E-state index in [9.17, 15) is 18.5 Å². The Morgan fingerprint density at radius 2 is 2.05 bits per heavy atom. The fourth-order valence-corrected chi connectivity index (χ4v) is 2.89. The maximum atomic E-state index is 11.4. The van der Waals surface area contributed by atoms with E-state index in [1.54, 1.807) is 26.0 Å². The van der Waals surface area contributed by atoms with Crippen molar-refractivity contribution in [2.24, 2.45) is 0 Å². The van der Waals surface area contributed by atoms with Crippen LogP contribution in [0.2, 0.25) is 0 Å². The molecule has 21 heavy (non-hydrogen) atoms. The van der Waals surface area contributed by atoms with E-state index in [2.05, 4.69) is 5.32 Å². The van der Waals surface area contributed by atoms with Crippen LogP contribution in [0.15, 0.2) is 18.2 Å². The zero-order chi connectivity index (χ0) is 16.0. The molecule has 118 valence electrons. The average Bonchev–Trinajstić information content (AvgIpc) is 2.38. The Hall–Kier alpha value is -1.67. The highest BCUT2D eigenvalue weighted by molar-refractivity contribution is 7.88. The molecule has 0 aliphatic carbocycles. The predicted molar refractivity (Wildman–Crippen MR) is 83.0 cm³/mol. The van der Waals surface area contributed by atoms with Crippen LogP contribution in [0.1, 0.15) is 18.9 Å². The molecule has 0 unspecified atom stereocenters. The van der Waals surface area contributed by atoms with Gasteiger partial charge in [-0.15, -0.1) is 0 Å². The maximum absolute atomic E-state index is 11.4. The van der Waals surface area contributed by atoms with E-state index in [0.717, 1.165) is 0 Å². The molecular weight excluding hydrogens is 294 g/mol. The Labute approximate surface area is 125 Å². The van der Waals surface area contributed by atoms with Crippen LogP contribution in [0.5, 0.6) is 0 Å². The summed E-state index contributed by atoms with van der Waals surface area (Å²) >= 11 is 0. The number of nitro groups is 1. The van der Waals surface area contributed by atoms with E-state index in [-0.39, 0.29) is 5.69 Å². The van der Waals surface area contributed by atoms with Crippen LogP contribution < -0.4 is 5.32 Å². The van der Waals surface area contributed by atoms with Crippen molar-refractivity contribution in [2.45, 2.75) is 20.3 Å². The van der Waals surface area contributed by atoms with Crippen LogP contribution in [0, 0.1) is 17.0 Å². The number of rotatable bonds is 8. The lowest BCUT2D eigenvalue weighted by Gasteiger charge is -2.17. The summed E-state index contributed by atoms with van der Waals surface area (Å²) < 4.78 is 24.2. The molecule has 7 nitrogen and oxygen atoms in total. The third kappa shape index (κ3) is 5.31. The summed E-state index contributed by atoms with van der Waals surface area (Å²) in [5.41, 5.74) is 1.35. The molecule has 0 bridgehead atoms.